The Kier molecular flexibility index (Phi) is 6.47. The lowest BCUT2D eigenvalue weighted by atomic mass is 9.68. The van der Waals surface area contributed by atoms with Crippen LogP contribution in [0.3, 0.4) is 0 Å². The molecule has 0 saturated carbocycles. The minimum absolute atomic E-state index is 0.292. The second-order valence-corrected chi connectivity index (χ2v) is 7.87. The number of alkyl halides is 9. The molecule has 11 heteroatoms. The van der Waals surface area contributed by atoms with Crippen molar-refractivity contribution in [1.29, 1.82) is 0 Å². The van der Waals surface area contributed by atoms with Crippen LogP contribution >= 0.6 is 0 Å². The molecule has 0 aromatic heterocycles. The Hall–Kier alpha value is -1.16. The van der Waals surface area contributed by atoms with E-state index in [0.717, 1.165) is 6.92 Å². The molecule has 0 spiro atoms. The molecule has 0 heterocycles. The predicted molar refractivity (Wildman–Crippen MR) is 74.0 cm³/mol. The van der Waals surface area contributed by atoms with E-state index in [0.29, 0.717) is 0 Å². The van der Waals surface area contributed by atoms with Gasteiger partial charge in [-0.05, 0) is 24.7 Å². The van der Waals surface area contributed by atoms with Gasteiger partial charge in [0.15, 0.2) is 0 Å². The zero-order valence-electron chi connectivity index (χ0n) is 15.0. The Labute approximate surface area is 145 Å². The number of esters is 1. The number of hydrogen-bond acceptors (Lipinski definition) is 2. The lowest BCUT2D eigenvalue weighted by molar-refractivity contribution is -0.447. The molecule has 26 heavy (non-hydrogen) atoms. The largest absolute Gasteiger partial charge is 0.447 e. The maximum atomic E-state index is 12.9. The molecule has 0 bridgehead atoms. The van der Waals surface area contributed by atoms with Crippen molar-refractivity contribution in [3.05, 3.63) is 0 Å². The van der Waals surface area contributed by atoms with E-state index in [9.17, 15) is 44.3 Å². The van der Waals surface area contributed by atoms with E-state index in [2.05, 4.69) is 4.74 Å². The lowest BCUT2D eigenvalue weighted by Gasteiger charge is -2.42. The number of rotatable bonds is 4. The van der Waals surface area contributed by atoms with Crippen molar-refractivity contribution in [1.82, 2.24) is 0 Å². The second-order valence-electron chi connectivity index (χ2n) is 7.87. The van der Waals surface area contributed by atoms with E-state index in [-0.39, 0.29) is 6.42 Å². The molecule has 0 N–H and O–H groups in total. The normalized spacial score (nSPS) is 17.2. The van der Waals surface area contributed by atoms with Crippen LogP contribution < -0.4 is 0 Å². The summed E-state index contributed by atoms with van der Waals surface area (Å²) >= 11 is 0. The smallest absolute Gasteiger partial charge is 0.432 e. The van der Waals surface area contributed by atoms with Gasteiger partial charge in [-0.2, -0.15) is 39.5 Å². The van der Waals surface area contributed by atoms with Crippen LogP contribution in [0.2, 0.25) is 0 Å². The van der Waals surface area contributed by atoms with Crippen LogP contribution in [0.4, 0.5) is 39.5 Å². The van der Waals surface area contributed by atoms with Gasteiger partial charge in [-0.15, -0.1) is 0 Å². The SMILES string of the molecule is CC(C)C(C)(CC(C)(C)C)C(=O)OC(C(F)(F)F)(C(F)(F)F)C(F)(F)F. The topological polar surface area (TPSA) is 26.3 Å². The third-order valence-corrected chi connectivity index (χ3v) is 4.08. The van der Waals surface area contributed by atoms with Gasteiger partial charge in [-0.3, -0.25) is 4.79 Å². The molecule has 0 radical (unpaired) electrons. The Bertz CT molecular complexity index is 473. The monoisotopic (exact) mass is 404 g/mol. The average molecular weight is 404 g/mol. The molecule has 0 aliphatic carbocycles. The molecule has 2 nitrogen and oxygen atoms in total. The van der Waals surface area contributed by atoms with Gasteiger partial charge in [-0.25, -0.2) is 0 Å². The number of halogens is 9. The van der Waals surface area contributed by atoms with Crippen molar-refractivity contribution < 1.29 is 49.0 Å². The van der Waals surface area contributed by atoms with Gasteiger partial charge < -0.3 is 4.74 Å². The minimum Gasteiger partial charge on any atom is -0.432 e. The van der Waals surface area contributed by atoms with Gasteiger partial charge in [0, 0.05) is 0 Å². The number of carbonyl (C=O) groups is 1. The Balaban J connectivity index is 6.43. The zero-order valence-corrected chi connectivity index (χ0v) is 15.0. The van der Waals surface area contributed by atoms with Gasteiger partial charge in [0.1, 0.15) is 0 Å². The van der Waals surface area contributed by atoms with Crippen molar-refractivity contribution in [2.75, 3.05) is 0 Å². The first-order valence-corrected chi connectivity index (χ1v) is 7.46. The van der Waals surface area contributed by atoms with Crippen LogP contribution in [0.25, 0.3) is 0 Å². The number of hydrogen-bond donors (Lipinski definition) is 0. The van der Waals surface area contributed by atoms with Crippen molar-refractivity contribution in [3.8, 4) is 0 Å². The molecule has 0 saturated heterocycles. The maximum Gasteiger partial charge on any atom is 0.447 e. The molecule has 0 rings (SSSR count). The molecular formula is C15H21F9O2. The van der Waals surface area contributed by atoms with Gasteiger partial charge >= 0.3 is 30.1 Å². The first kappa shape index (κ1) is 24.8. The van der Waals surface area contributed by atoms with Crippen molar-refractivity contribution in [2.45, 2.75) is 72.1 Å². The second kappa shape index (κ2) is 6.78. The molecule has 156 valence electrons. The number of carbonyl (C=O) groups excluding carboxylic acids is 1. The third kappa shape index (κ3) is 4.57. The molecule has 0 aliphatic heterocycles. The number of ether oxygens (including phenoxy) is 1. The summed E-state index contributed by atoms with van der Waals surface area (Å²) in [7, 11) is 0. The highest BCUT2D eigenvalue weighted by Gasteiger charge is 2.87. The fourth-order valence-electron chi connectivity index (χ4n) is 2.53. The van der Waals surface area contributed by atoms with Crippen molar-refractivity contribution in [2.24, 2.45) is 16.7 Å². The molecule has 0 aromatic carbocycles. The standard InChI is InChI=1S/C15H21F9O2/c1-8(2)11(6,7-10(3,4)5)9(25)26-12(13(16,17)18,14(19,20)21)15(22,23)24/h8H,7H2,1-6H3. The first-order chi connectivity index (χ1) is 11.0. The molecule has 1 atom stereocenters. The molecule has 0 amide bonds. The van der Waals surface area contributed by atoms with Crippen LogP contribution in [-0.2, 0) is 9.53 Å². The molecule has 0 aliphatic rings. The van der Waals surface area contributed by atoms with Gasteiger partial charge in [0.05, 0.1) is 5.41 Å². The quantitative estimate of drug-likeness (QED) is 0.421. The van der Waals surface area contributed by atoms with E-state index in [1.165, 1.54) is 34.6 Å². The summed E-state index contributed by atoms with van der Waals surface area (Å²) in [5, 5.41) is 0. The van der Waals surface area contributed by atoms with Crippen LogP contribution in [-0.4, -0.2) is 30.1 Å². The van der Waals surface area contributed by atoms with Gasteiger partial charge in [0.25, 0.3) is 0 Å². The fourth-order valence-corrected chi connectivity index (χ4v) is 2.53. The Morgan fingerprint density at radius 3 is 1.27 bits per heavy atom. The van der Waals surface area contributed by atoms with Gasteiger partial charge in [0.2, 0.25) is 0 Å². The highest BCUT2D eigenvalue weighted by atomic mass is 19.4. The van der Waals surface area contributed by atoms with E-state index >= 15 is 0 Å². The summed E-state index contributed by atoms with van der Waals surface area (Å²) in [6.07, 6.45) is -21.1. The van der Waals surface area contributed by atoms with Crippen LogP contribution in [0.5, 0.6) is 0 Å². The van der Waals surface area contributed by atoms with Crippen molar-refractivity contribution >= 4 is 5.97 Å². The maximum absolute atomic E-state index is 12.9. The molecule has 0 fully saturated rings. The van der Waals surface area contributed by atoms with E-state index < -0.39 is 46.8 Å². The highest BCUT2D eigenvalue weighted by molar-refractivity contribution is 5.77. The average Bonchev–Trinajstić information content (AvgIpc) is 2.27. The summed E-state index contributed by atoms with van der Waals surface area (Å²) < 4.78 is 120. The summed E-state index contributed by atoms with van der Waals surface area (Å²) in [5.74, 6) is -3.10. The Morgan fingerprint density at radius 2 is 1.08 bits per heavy atom. The lowest BCUT2D eigenvalue weighted by Crippen LogP contribution is -2.69. The molecule has 0 aromatic rings. The van der Waals surface area contributed by atoms with Gasteiger partial charge in [-0.1, -0.05) is 34.6 Å². The summed E-state index contributed by atoms with van der Waals surface area (Å²) in [5.41, 5.74) is -9.39. The molecular weight excluding hydrogens is 383 g/mol. The van der Waals surface area contributed by atoms with E-state index in [1.54, 1.807) is 0 Å². The highest BCUT2D eigenvalue weighted by Crippen LogP contribution is 2.56. The molecule has 1 unspecified atom stereocenters. The summed E-state index contributed by atoms with van der Waals surface area (Å²) in [6, 6.07) is 0. The Morgan fingerprint density at radius 1 is 0.769 bits per heavy atom. The third-order valence-electron chi connectivity index (χ3n) is 4.08. The van der Waals surface area contributed by atoms with Crippen LogP contribution in [0, 0.1) is 16.7 Å². The summed E-state index contributed by atoms with van der Waals surface area (Å²) in [6.45, 7) is 8.17. The van der Waals surface area contributed by atoms with E-state index in [4.69, 9.17) is 0 Å². The van der Waals surface area contributed by atoms with Crippen LogP contribution in [0.1, 0.15) is 48.0 Å². The predicted octanol–water partition coefficient (Wildman–Crippen LogP) is 6.05. The minimum atomic E-state index is -6.95. The zero-order chi connectivity index (χ0) is 21.6. The summed E-state index contributed by atoms with van der Waals surface area (Å²) in [4.78, 5) is 12.2. The van der Waals surface area contributed by atoms with Crippen LogP contribution in [0.15, 0.2) is 0 Å². The van der Waals surface area contributed by atoms with E-state index in [1.807, 2.05) is 0 Å². The fraction of sp³-hybridized carbons (Fsp3) is 0.933. The first-order valence-electron chi connectivity index (χ1n) is 7.46. The van der Waals surface area contributed by atoms with Crippen molar-refractivity contribution in [3.63, 3.8) is 0 Å².